The number of amides is 1. The molecule has 0 radical (unpaired) electrons. The highest BCUT2D eigenvalue weighted by atomic mass is 16.5. The molecule has 0 saturated carbocycles. The predicted molar refractivity (Wildman–Crippen MR) is 93.2 cm³/mol. The van der Waals surface area contributed by atoms with E-state index < -0.39 is 0 Å². The Morgan fingerprint density at radius 1 is 1.20 bits per heavy atom. The monoisotopic (exact) mass is 337 g/mol. The minimum absolute atomic E-state index is 0.162. The summed E-state index contributed by atoms with van der Waals surface area (Å²) in [5.41, 5.74) is 2.00. The zero-order valence-corrected chi connectivity index (χ0v) is 13.9. The number of aromatic nitrogens is 4. The number of ether oxygens (including phenoxy) is 1. The molecule has 7 heteroatoms. The Morgan fingerprint density at radius 3 is 2.88 bits per heavy atom. The van der Waals surface area contributed by atoms with E-state index in [1.807, 2.05) is 31.3 Å². The molecule has 0 bridgehead atoms. The van der Waals surface area contributed by atoms with Gasteiger partial charge in [-0.15, -0.1) is 0 Å². The summed E-state index contributed by atoms with van der Waals surface area (Å²) in [5, 5.41) is 7.32. The molecule has 2 heterocycles. The van der Waals surface area contributed by atoms with Gasteiger partial charge in [-0.05, 0) is 25.1 Å². The van der Waals surface area contributed by atoms with Gasteiger partial charge in [0.05, 0.1) is 24.9 Å². The summed E-state index contributed by atoms with van der Waals surface area (Å²) in [4.78, 5) is 20.6. The highest BCUT2D eigenvalue weighted by molar-refractivity contribution is 5.96. The van der Waals surface area contributed by atoms with Crippen molar-refractivity contribution >= 4 is 5.91 Å². The molecular formula is C18H19N5O2. The normalized spacial score (nSPS) is 10.4. The molecule has 0 aliphatic carbocycles. The van der Waals surface area contributed by atoms with Crippen LogP contribution in [0.1, 0.15) is 17.3 Å². The van der Waals surface area contributed by atoms with Crippen LogP contribution >= 0.6 is 0 Å². The van der Waals surface area contributed by atoms with Crippen molar-refractivity contribution in [3.63, 3.8) is 0 Å². The van der Waals surface area contributed by atoms with Gasteiger partial charge in [-0.1, -0.05) is 12.1 Å². The van der Waals surface area contributed by atoms with E-state index in [1.165, 1.54) is 0 Å². The molecule has 2 aromatic heterocycles. The lowest BCUT2D eigenvalue weighted by Gasteiger charge is -2.10. The lowest BCUT2D eigenvalue weighted by Crippen LogP contribution is -2.27. The molecule has 0 aliphatic heterocycles. The molecule has 0 aliphatic rings. The minimum atomic E-state index is -0.162. The van der Waals surface area contributed by atoms with Crippen molar-refractivity contribution in [3.05, 3.63) is 60.7 Å². The number of para-hydroxylation sites is 1. The highest BCUT2D eigenvalue weighted by Gasteiger charge is 2.11. The molecule has 1 N–H and O–H groups in total. The molecule has 0 saturated heterocycles. The Kier molecular flexibility index (Phi) is 5.36. The van der Waals surface area contributed by atoms with Gasteiger partial charge in [-0.25, -0.2) is 0 Å². The summed E-state index contributed by atoms with van der Waals surface area (Å²) in [7, 11) is 0. The van der Waals surface area contributed by atoms with Crippen molar-refractivity contribution in [1.82, 2.24) is 25.1 Å². The summed E-state index contributed by atoms with van der Waals surface area (Å²) in [6.45, 7) is 3.42. The third-order valence-corrected chi connectivity index (χ3v) is 3.52. The van der Waals surface area contributed by atoms with Crippen LogP contribution in [0.5, 0.6) is 5.75 Å². The van der Waals surface area contributed by atoms with Crippen molar-refractivity contribution < 1.29 is 9.53 Å². The fraction of sp³-hybridized carbons (Fsp3) is 0.222. The van der Waals surface area contributed by atoms with Crippen LogP contribution < -0.4 is 10.1 Å². The fourth-order valence-electron chi connectivity index (χ4n) is 2.37. The molecule has 3 aromatic rings. The topological polar surface area (TPSA) is 81.9 Å². The zero-order chi connectivity index (χ0) is 17.5. The quantitative estimate of drug-likeness (QED) is 0.714. The Morgan fingerprint density at radius 2 is 2.08 bits per heavy atom. The van der Waals surface area contributed by atoms with E-state index >= 15 is 0 Å². The lowest BCUT2D eigenvalue weighted by molar-refractivity contribution is 0.0948. The van der Waals surface area contributed by atoms with Gasteiger partial charge in [0, 0.05) is 25.1 Å². The van der Waals surface area contributed by atoms with Gasteiger partial charge in [-0.3, -0.25) is 19.4 Å². The summed E-state index contributed by atoms with van der Waals surface area (Å²) in [5.74, 6) is 0.428. The molecule has 3 rings (SSSR count). The van der Waals surface area contributed by atoms with E-state index in [0.717, 1.165) is 11.4 Å². The fourth-order valence-corrected chi connectivity index (χ4v) is 2.37. The van der Waals surface area contributed by atoms with E-state index in [0.29, 0.717) is 31.0 Å². The largest absolute Gasteiger partial charge is 0.493 e. The second-order valence-corrected chi connectivity index (χ2v) is 5.24. The molecule has 0 atom stereocenters. The highest BCUT2D eigenvalue weighted by Crippen LogP contribution is 2.17. The molecule has 7 nitrogen and oxygen atoms in total. The minimum Gasteiger partial charge on any atom is -0.493 e. The zero-order valence-electron chi connectivity index (χ0n) is 13.9. The van der Waals surface area contributed by atoms with Crippen molar-refractivity contribution in [2.75, 3.05) is 13.2 Å². The first-order valence-electron chi connectivity index (χ1n) is 8.08. The summed E-state index contributed by atoms with van der Waals surface area (Å²) in [6.07, 6.45) is 6.77. The number of benzene rings is 1. The third-order valence-electron chi connectivity index (χ3n) is 3.52. The second kappa shape index (κ2) is 8.05. The van der Waals surface area contributed by atoms with Crippen LogP contribution in [0, 0.1) is 0 Å². The molecule has 25 heavy (non-hydrogen) atoms. The first-order valence-corrected chi connectivity index (χ1v) is 8.08. The molecule has 0 unspecified atom stereocenters. The molecular weight excluding hydrogens is 318 g/mol. The summed E-state index contributed by atoms with van der Waals surface area (Å²) >= 11 is 0. The van der Waals surface area contributed by atoms with Crippen LogP contribution in [-0.2, 0) is 6.54 Å². The standard InChI is InChI=1S/C18H19N5O2/c1-2-25-17-6-4-3-5-14(17)18(24)21-10-12-23-11-7-15(22-23)16-13-19-8-9-20-16/h3-9,11,13H,2,10,12H2,1H3,(H,21,24). The number of hydrogen-bond donors (Lipinski definition) is 1. The maximum Gasteiger partial charge on any atom is 0.255 e. The molecule has 1 aromatic carbocycles. The van der Waals surface area contributed by atoms with E-state index in [4.69, 9.17) is 4.74 Å². The maximum absolute atomic E-state index is 12.3. The average Bonchev–Trinajstić information content (AvgIpc) is 3.12. The maximum atomic E-state index is 12.3. The second-order valence-electron chi connectivity index (χ2n) is 5.24. The van der Waals surface area contributed by atoms with Crippen LogP contribution in [0.4, 0.5) is 0 Å². The predicted octanol–water partition coefficient (Wildman–Crippen LogP) is 2.17. The van der Waals surface area contributed by atoms with Crippen molar-refractivity contribution in [2.24, 2.45) is 0 Å². The Balaban J connectivity index is 1.57. The lowest BCUT2D eigenvalue weighted by atomic mass is 10.2. The van der Waals surface area contributed by atoms with Crippen LogP contribution in [0.3, 0.4) is 0 Å². The van der Waals surface area contributed by atoms with Crippen molar-refractivity contribution in [2.45, 2.75) is 13.5 Å². The van der Waals surface area contributed by atoms with Crippen molar-refractivity contribution in [1.29, 1.82) is 0 Å². The number of hydrogen-bond acceptors (Lipinski definition) is 5. The first kappa shape index (κ1) is 16.6. The summed E-state index contributed by atoms with van der Waals surface area (Å²) < 4.78 is 7.25. The molecule has 128 valence electrons. The van der Waals surface area contributed by atoms with Crippen molar-refractivity contribution in [3.8, 4) is 17.1 Å². The molecule has 0 fully saturated rings. The van der Waals surface area contributed by atoms with Crippen LogP contribution in [0.25, 0.3) is 11.4 Å². The summed E-state index contributed by atoms with van der Waals surface area (Å²) in [6, 6.07) is 9.08. The van der Waals surface area contributed by atoms with Gasteiger partial charge in [-0.2, -0.15) is 5.10 Å². The number of nitrogens with zero attached hydrogens (tertiary/aromatic N) is 4. The van der Waals surface area contributed by atoms with Crippen LogP contribution in [0.2, 0.25) is 0 Å². The van der Waals surface area contributed by atoms with E-state index in [2.05, 4.69) is 20.4 Å². The van der Waals surface area contributed by atoms with Gasteiger partial charge < -0.3 is 10.1 Å². The van der Waals surface area contributed by atoms with E-state index in [9.17, 15) is 4.79 Å². The molecule has 1 amide bonds. The molecule has 0 spiro atoms. The van der Waals surface area contributed by atoms with Gasteiger partial charge in [0.25, 0.3) is 5.91 Å². The van der Waals surface area contributed by atoms with Gasteiger partial charge in [0.15, 0.2) is 0 Å². The van der Waals surface area contributed by atoms with Crippen LogP contribution in [0.15, 0.2) is 55.1 Å². The Bertz CT molecular complexity index is 832. The smallest absolute Gasteiger partial charge is 0.255 e. The number of nitrogens with one attached hydrogen (secondary N) is 1. The van der Waals surface area contributed by atoms with Gasteiger partial charge in [0.2, 0.25) is 0 Å². The Labute approximate surface area is 145 Å². The third kappa shape index (κ3) is 4.20. The Hall–Kier alpha value is -3.22. The van der Waals surface area contributed by atoms with Gasteiger partial charge >= 0.3 is 0 Å². The van der Waals surface area contributed by atoms with E-state index in [1.54, 1.807) is 35.4 Å². The van der Waals surface area contributed by atoms with E-state index in [-0.39, 0.29) is 5.91 Å². The average molecular weight is 337 g/mol. The number of carbonyl (C=O) groups is 1. The van der Waals surface area contributed by atoms with Gasteiger partial charge in [0.1, 0.15) is 17.1 Å². The number of carbonyl (C=O) groups excluding carboxylic acids is 1. The number of rotatable bonds is 7. The SMILES string of the molecule is CCOc1ccccc1C(=O)NCCn1ccc(-c2cnccn2)n1. The first-order chi connectivity index (χ1) is 12.3. The van der Waals surface area contributed by atoms with Crippen LogP contribution in [-0.4, -0.2) is 38.8 Å².